The fourth-order valence-corrected chi connectivity index (χ4v) is 4.78. The van der Waals surface area contributed by atoms with Crippen molar-refractivity contribution in [2.24, 2.45) is 5.92 Å². The van der Waals surface area contributed by atoms with Crippen LogP contribution in [0.3, 0.4) is 0 Å². The summed E-state index contributed by atoms with van der Waals surface area (Å²) in [6, 6.07) is 10.5. The van der Waals surface area contributed by atoms with Crippen LogP contribution in [0.1, 0.15) is 31.2 Å². The lowest BCUT2D eigenvalue weighted by molar-refractivity contribution is -0.129. The van der Waals surface area contributed by atoms with E-state index in [1.807, 2.05) is 12.3 Å². The summed E-state index contributed by atoms with van der Waals surface area (Å²) in [6.45, 7) is 3.75. The summed E-state index contributed by atoms with van der Waals surface area (Å²) in [6.07, 6.45) is 7.51. The minimum Gasteiger partial charge on any atom is -0.488 e. The molecule has 0 unspecified atom stereocenters. The number of nitrogens with one attached hydrogen (secondary N) is 1. The van der Waals surface area contributed by atoms with Crippen LogP contribution in [0.5, 0.6) is 5.75 Å². The molecule has 1 aliphatic carbocycles. The number of hydrogen-bond acceptors (Lipinski definition) is 8. The van der Waals surface area contributed by atoms with E-state index in [2.05, 4.69) is 51.7 Å². The first-order valence-corrected chi connectivity index (χ1v) is 12.5. The summed E-state index contributed by atoms with van der Waals surface area (Å²) in [5, 5.41) is 11.9. The van der Waals surface area contributed by atoms with E-state index < -0.39 is 0 Å². The number of aromatic nitrogens is 5. The maximum Gasteiger partial charge on any atom is 0.261 e. The van der Waals surface area contributed by atoms with Gasteiger partial charge in [0, 0.05) is 32.1 Å². The first-order chi connectivity index (χ1) is 17.9. The molecule has 0 spiro atoms. The summed E-state index contributed by atoms with van der Waals surface area (Å²) < 4.78 is 13.0. The molecule has 0 saturated heterocycles. The van der Waals surface area contributed by atoms with E-state index in [1.54, 1.807) is 31.2 Å². The average Bonchev–Trinajstić information content (AvgIpc) is 3.48. The Morgan fingerprint density at radius 3 is 2.73 bits per heavy atom. The lowest BCUT2D eigenvalue weighted by Gasteiger charge is -2.27. The van der Waals surface area contributed by atoms with Crippen molar-refractivity contribution < 1.29 is 14.1 Å². The SMILES string of the molecule is CN(C)C(=O)Cn1cc(-c2nc([C@@](C)(c3ccc(-c4cnc5c(c4)OCCN5)cc3)C3CC3)no2)cn1. The van der Waals surface area contributed by atoms with Gasteiger partial charge in [-0.1, -0.05) is 29.4 Å². The molecule has 37 heavy (non-hydrogen) atoms. The molecular formula is C27H29N7O3. The highest BCUT2D eigenvalue weighted by Crippen LogP contribution is 2.50. The molecule has 1 fully saturated rings. The van der Waals surface area contributed by atoms with Crippen LogP contribution >= 0.6 is 0 Å². The summed E-state index contributed by atoms with van der Waals surface area (Å²) in [5.41, 5.74) is 3.53. The molecule has 1 aromatic carbocycles. The summed E-state index contributed by atoms with van der Waals surface area (Å²) in [5.74, 6) is 3.02. The number of ether oxygens (including phenoxy) is 1. The van der Waals surface area contributed by atoms with Gasteiger partial charge in [0.25, 0.3) is 5.89 Å². The van der Waals surface area contributed by atoms with Crippen molar-refractivity contribution in [3.05, 3.63) is 60.3 Å². The van der Waals surface area contributed by atoms with Crippen molar-refractivity contribution in [1.29, 1.82) is 0 Å². The number of pyridine rings is 1. The Labute approximate surface area is 214 Å². The summed E-state index contributed by atoms with van der Waals surface area (Å²) >= 11 is 0. The maximum atomic E-state index is 12.0. The predicted octanol–water partition coefficient (Wildman–Crippen LogP) is 3.60. The molecule has 190 valence electrons. The van der Waals surface area contributed by atoms with Crippen LogP contribution in [0, 0.1) is 5.92 Å². The number of fused-ring (bicyclic) bond motifs is 1. The molecule has 1 aliphatic heterocycles. The zero-order valence-corrected chi connectivity index (χ0v) is 21.1. The van der Waals surface area contributed by atoms with E-state index in [1.165, 1.54) is 4.90 Å². The number of anilines is 1. The van der Waals surface area contributed by atoms with E-state index in [9.17, 15) is 4.79 Å². The Balaban J connectivity index is 1.26. The van der Waals surface area contributed by atoms with Crippen molar-refractivity contribution in [2.45, 2.75) is 31.7 Å². The van der Waals surface area contributed by atoms with Crippen LogP contribution in [0.25, 0.3) is 22.6 Å². The van der Waals surface area contributed by atoms with Gasteiger partial charge in [-0.2, -0.15) is 10.1 Å². The van der Waals surface area contributed by atoms with Crippen molar-refractivity contribution in [3.8, 4) is 28.3 Å². The molecule has 1 saturated carbocycles. The highest BCUT2D eigenvalue weighted by atomic mass is 16.5. The molecule has 10 nitrogen and oxygen atoms in total. The number of rotatable bonds is 7. The normalized spacial score (nSPS) is 16.3. The number of hydrogen-bond donors (Lipinski definition) is 1. The van der Waals surface area contributed by atoms with Gasteiger partial charge in [0.05, 0.1) is 23.7 Å². The fraction of sp³-hybridized carbons (Fsp3) is 0.370. The van der Waals surface area contributed by atoms with E-state index in [-0.39, 0.29) is 17.9 Å². The van der Waals surface area contributed by atoms with Gasteiger partial charge in [-0.15, -0.1) is 0 Å². The van der Waals surface area contributed by atoms with Gasteiger partial charge < -0.3 is 19.5 Å². The van der Waals surface area contributed by atoms with Crippen LogP contribution in [0.2, 0.25) is 0 Å². The highest BCUT2D eigenvalue weighted by Gasteiger charge is 2.47. The largest absolute Gasteiger partial charge is 0.488 e. The van der Waals surface area contributed by atoms with E-state index in [0.29, 0.717) is 29.8 Å². The molecule has 1 N–H and O–H groups in total. The van der Waals surface area contributed by atoms with Crippen LogP contribution in [0.4, 0.5) is 5.82 Å². The van der Waals surface area contributed by atoms with Gasteiger partial charge in [-0.3, -0.25) is 9.48 Å². The van der Waals surface area contributed by atoms with Crippen LogP contribution < -0.4 is 10.1 Å². The van der Waals surface area contributed by atoms with Gasteiger partial charge in [-0.25, -0.2) is 4.98 Å². The minimum absolute atomic E-state index is 0.0408. The first-order valence-electron chi connectivity index (χ1n) is 12.5. The Bertz CT molecular complexity index is 1440. The second kappa shape index (κ2) is 9.02. The molecular weight excluding hydrogens is 470 g/mol. The van der Waals surface area contributed by atoms with Crippen molar-refractivity contribution >= 4 is 11.7 Å². The van der Waals surface area contributed by atoms with Crippen LogP contribution in [-0.4, -0.2) is 63.0 Å². The number of nitrogens with zero attached hydrogens (tertiary/aromatic N) is 6. The van der Waals surface area contributed by atoms with Gasteiger partial charge in [0.2, 0.25) is 5.91 Å². The Kier molecular flexibility index (Phi) is 5.66. The first kappa shape index (κ1) is 23.2. The number of amides is 1. The third-order valence-corrected chi connectivity index (χ3v) is 7.28. The summed E-state index contributed by atoms with van der Waals surface area (Å²) in [4.78, 5) is 22.8. The standard InChI is InChI=1S/C27H29N7O3/c1-27(21-8-9-21,26-31-25(37-32-26)19-14-30-34(15-19)16-23(35)33(2)3)20-6-4-17(5-7-20)18-12-22-24(29-13-18)28-10-11-36-22/h4-7,12-15,21H,8-11,16H2,1-3H3,(H,28,29)/t27-/m0/s1. The molecule has 4 aromatic rings. The second-order valence-electron chi connectivity index (χ2n) is 10.0. The monoisotopic (exact) mass is 499 g/mol. The fourth-order valence-electron chi connectivity index (χ4n) is 4.78. The lowest BCUT2D eigenvalue weighted by Crippen LogP contribution is -2.28. The molecule has 6 rings (SSSR count). The Hall–Kier alpha value is -4.21. The predicted molar refractivity (Wildman–Crippen MR) is 137 cm³/mol. The topological polar surface area (TPSA) is 111 Å². The van der Waals surface area contributed by atoms with Crippen LogP contribution in [0.15, 0.2) is 53.4 Å². The van der Waals surface area contributed by atoms with Crippen molar-refractivity contribution in [1.82, 2.24) is 29.8 Å². The highest BCUT2D eigenvalue weighted by molar-refractivity contribution is 5.75. The van der Waals surface area contributed by atoms with Crippen molar-refractivity contribution in [2.75, 3.05) is 32.6 Å². The maximum absolute atomic E-state index is 12.0. The minimum atomic E-state index is -0.377. The number of likely N-dealkylation sites (N-methyl/N-ethyl adjacent to an activating group) is 1. The zero-order valence-electron chi connectivity index (χ0n) is 21.1. The van der Waals surface area contributed by atoms with Gasteiger partial charge in [-0.05, 0) is 42.9 Å². The number of benzene rings is 1. The average molecular weight is 500 g/mol. The van der Waals surface area contributed by atoms with Crippen LogP contribution in [-0.2, 0) is 16.8 Å². The van der Waals surface area contributed by atoms with Gasteiger partial charge >= 0.3 is 0 Å². The van der Waals surface area contributed by atoms with E-state index in [4.69, 9.17) is 14.2 Å². The molecule has 1 atom stereocenters. The molecule has 1 amide bonds. The summed E-state index contributed by atoms with van der Waals surface area (Å²) in [7, 11) is 3.44. The Morgan fingerprint density at radius 2 is 1.97 bits per heavy atom. The van der Waals surface area contributed by atoms with E-state index >= 15 is 0 Å². The second-order valence-corrected chi connectivity index (χ2v) is 10.0. The molecule has 0 bridgehead atoms. The third-order valence-electron chi connectivity index (χ3n) is 7.28. The Morgan fingerprint density at radius 1 is 1.16 bits per heavy atom. The number of carbonyl (C=O) groups excluding carboxylic acids is 1. The van der Waals surface area contributed by atoms with Gasteiger partial charge in [0.1, 0.15) is 13.2 Å². The molecule has 10 heteroatoms. The molecule has 3 aromatic heterocycles. The number of carbonyl (C=O) groups is 1. The third kappa shape index (κ3) is 4.32. The lowest BCUT2D eigenvalue weighted by atomic mass is 9.76. The quantitative estimate of drug-likeness (QED) is 0.411. The zero-order chi connectivity index (χ0) is 25.6. The van der Waals surface area contributed by atoms with Crippen molar-refractivity contribution in [3.63, 3.8) is 0 Å². The smallest absolute Gasteiger partial charge is 0.261 e. The molecule has 2 aliphatic rings. The van der Waals surface area contributed by atoms with E-state index in [0.717, 1.165) is 47.6 Å². The molecule has 0 radical (unpaired) electrons. The molecule has 4 heterocycles. The van der Waals surface area contributed by atoms with Gasteiger partial charge in [0.15, 0.2) is 17.4 Å².